The summed E-state index contributed by atoms with van der Waals surface area (Å²) in [6.45, 7) is 7.92. The molecule has 35 heavy (non-hydrogen) atoms. The Hall–Kier alpha value is -2.68. The summed E-state index contributed by atoms with van der Waals surface area (Å²) in [4.78, 5) is 27.3. The van der Waals surface area contributed by atoms with Gasteiger partial charge in [0, 0.05) is 24.3 Å². The molecule has 0 spiro atoms. The van der Waals surface area contributed by atoms with Gasteiger partial charge in [0.05, 0.1) is 24.0 Å². The van der Waals surface area contributed by atoms with Gasteiger partial charge in [-0.3, -0.25) is 9.59 Å². The van der Waals surface area contributed by atoms with E-state index in [0.717, 1.165) is 10.8 Å². The highest BCUT2D eigenvalue weighted by Crippen LogP contribution is 2.52. The van der Waals surface area contributed by atoms with Crippen molar-refractivity contribution in [2.45, 2.75) is 71.5 Å². The Balaban J connectivity index is 1.96. The Morgan fingerprint density at radius 3 is 2.00 bits per heavy atom. The van der Waals surface area contributed by atoms with E-state index in [4.69, 9.17) is 11.2 Å². The van der Waals surface area contributed by atoms with Crippen LogP contribution in [0.1, 0.15) is 64.9 Å². The monoisotopic (exact) mass is 476 g/mol. The first-order valence-corrected chi connectivity index (χ1v) is 12.4. The Labute approximate surface area is 207 Å². The van der Waals surface area contributed by atoms with Crippen LogP contribution < -0.4 is 4.74 Å². The number of Topliss-reactive ketones (excluding diaryl/α,β-unsaturated/α-hetero) is 2. The molecule has 186 valence electrons. The lowest BCUT2D eigenvalue weighted by Gasteiger charge is -2.46. The number of carbonyl (C=O) groups excluding carboxylic acids is 2. The molecule has 2 aliphatic carbocycles. The fraction of sp³-hybridized carbons (Fsp3) is 0.533. The highest BCUT2D eigenvalue weighted by molar-refractivity contribution is 5.93. The lowest BCUT2D eigenvalue weighted by Crippen LogP contribution is -2.51. The van der Waals surface area contributed by atoms with E-state index < -0.39 is 30.0 Å². The Morgan fingerprint density at radius 2 is 1.49 bits per heavy atom. The Morgan fingerprint density at radius 1 is 0.943 bits per heavy atom. The maximum atomic E-state index is 13.7. The minimum atomic E-state index is -0.939. The number of ether oxygens (including phenoxy) is 1. The summed E-state index contributed by atoms with van der Waals surface area (Å²) in [5.41, 5.74) is -0.000367. The number of benzene rings is 2. The summed E-state index contributed by atoms with van der Waals surface area (Å²) >= 11 is 0. The van der Waals surface area contributed by atoms with Crippen LogP contribution in [0, 0.1) is 35.0 Å². The SMILES string of the molecule is C#CCOc1ccc2ccccc2c1C([C@H]1C(=O)CC(C)(C)C[C@H]1O)[C@@H]1C(=O)CC(C)(C)C[C@@H]1O. The van der Waals surface area contributed by atoms with Crippen molar-refractivity contribution in [1.82, 2.24) is 0 Å². The summed E-state index contributed by atoms with van der Waals surface area (Å²) in [7, 11) is 0. The van der Waals surface area contributed by atoms with Crippen LogP contribution in [0.15, 0.2) is 36.4 Å². The van der Waals surface area contributed by atoms with Gasteiger partial charge in [0.2, 0.25) is 0 Å². The van der Waals surface area contributed by atoms with E-state index in [-0.39, 0.29) is 29.0 Å². The number of hydrogen-bond acceptors (Lipinski definition) is 5. The first kappa shape index (κ1) is 25.4. The molecule has 5 atom stereocenters. The van der Waals surface area contributed by atoms with Gasteiger partial charge in [-0.1, -0.05) is 63.9 Å². The van der Waals surface area contributed by atoms with Gasteiger partial charge in [0.1, 0.15) is 23.9 Å². The average Bonchev–Trinajstić information content (AvgIpc) is 2.73. The maximum Gasteiger partial charge on any atom is 0.148 e. The molecule has 2 fully saturated rings. The number of terminal acetylenes is 1. The number of rotatable bonds is 5. The van der Waals surface area contributed by atoms with Crippen molar-refractivity contribution in [2.24, 2.45) is 22.7 Å². The van der Waals surface area contributed by atoms with Gasteiger partial charge in [-0.2, -0.15) is 0 Å². The van der Waals surface area contributed by atoms with Gasteiger partial charge in [-0.05, 0) is 40.5 Å². The zero-order valence-corrected chi connectivity index (χ0v) is 21.1. The topological polar surface area (TPSA) is 83.8 Å². The van der Waals surface area contributed by atoms with Gasteiger partial charge in [0.15, 0.2) is 0 Å². The van der Waals surface area contributed by atoms with Crippen LogP contribution in [0.4, 0.5) is 0 Å². The number of fused-ring (bicyclic) bond motifs is 1. The maximum absolute atomic E-state index is 13.7. The highest BCUT2D eigenvalue weighted by atomic mass is 16.5. The molecule has 2 aromatic rings. The van der Waals surface area contributed by atoms with Crippen molar-refractivity contribution in [3.63, 3.8) is 0 Å². The third-order valence-corrected chi connectivity index (χ3v) is 7.75. The average molecular weight is 477 g/mol. The molecular formula is C30H36O5. The van der Waals surface area contributed by atoms with E-state index in [2.05, 4.69) is 5.92 Å². The lowest BCUT2D eigenvalue weighted by molar-refractivity contribution is -0.144. The summed E-state index contributed by atoms with van der Waals surface area (Å²) in [6.07, 6.45) is 5.09. The second kappa shape index (κ2) is 9.41. The number of aliphatic hydroxyl groups excluding tert-OH is 2. The van der Waals surface area contributed by atoms with Crippen LogP contribution in [-0.2, 0) is 9.59 Å². The molecule has 2 N–H and O–H groups in total. The van der Waals surface area contributed by atoms with E-state index in [9.17, 15) is 19.8 Å². The molecule has 4 rings (SSSR count). The van der Waals surface area contributed by atoms with Crippen LogP contribution in [0.25, 0.3) is 10.8 Å². The van der Waals surface area contributed by atoms with Crippen LogP contribution >= 0.6 is 0 Å². The normalized spacial score (nSPS) is 28.9. The number of ketones is 2. The predicted molar refractivity (Wildman–Crippen MR) is 136 cm³/mol. The molecule has 2 aliphatic rings. The predicted octanol–water partition coefficient (Wildman–Crippen LogP) is 4.67. The fourth-order valence-electron chi connectivity index (χ4n) is 6.47. The molecule has 0 aromatic heterocycles. The molecule has 0 bridgehead atoms. The van der Waals surface area contributed by atoms with Gasteiger partial charge in [0.25, 0.3) is 0 Å². The van der Waals surface area contributed by atoms with Crippen molar-refractivity contribution in [2.75, 3.05) is 6.61 Å². The zero-order valence-electron chi connectivity index (χ0n) is 21.1. The summed E-state index contributed by atoms with van der Waals surface area (Å²) < 4.78 is 5.96. The van der Waals surface area contributed by atoms with Crippen LogP contribution in [0.2, 0.25) is 0 Å². The van der Waals surface area contributed by atoms with Crippen molar-refractivity contribution in [1.29, 1.82) is 0 Å². The minimum absolute atomic E-state index is 0.0282. The van der Waals surface area contributed by atoms with Gasteiger partial charge < -0.3 is 14.9 Å². The quantitative estimate of drug-likeness (QED) is 0.613. The van der Waals surface area contributed by atoms with Crippen LogP contribution in [0.5, 0.6) is 5.75 Å². The number of hydrogen-bond donors (Lipinski definition) is 2. The summed E-state index contributed by atoms with van der Waals surface area (Å²) in [6, 6.07) is 11.5. The molecule has 0 saturated heterocycles. The smallest absolute Gasteiger partial charge is 0.148 e. The summed E-state index contributed by atoms with van der Waals surface area (Å²) in [5, 5.41) is 24.5. The zero-order chi connectivity index (χ0) is 25.5. The molecule has 0 aliphatic heterocycles. The van der Waals surface area contributed by atoms with Crippen molar-refractivity contribution >= 4 is 22.3 Å². The van der Waals surface area contributed by atoms with E-state index >= 15 is 0 Å². The van der Waals surface area contributed by atoms with Gasteiger partial charge >= 0.3 is 0 Å². The number of aliphatic hydroxyl groups is 2. The molecule has 0 radical (unpaired) electrons. The second-order valence-electron chi connectivity index (χ2n) is 11.9. The van der Waals surface area contributed by atoms with E-state index in [1.165, 1.54) is 0 Å². The third kappa shape index (κ3) is 5.01. The van der Waals surface area contributed by atoms with E-state index in [0.29, 0.717) is 37.0 Å². The van der Waals surface area contributed by atoms with Gasteiger partial charge in [-0.25, -0.2) is 0 Å². The Bertz CT molecular complexity index is 1130. The third-order valence-electron chi connectivity index (χ3n) is 7.75. The van der Waals surface area contributed by atoms with E-state index in [1.807, 2.05) is 64.1 Å². The van der Waals surface area contributed by atoms with Crippen LogP contribution in [-0.4, -0.2) is 40.6 Å². The number of carbonyl (C=O) groups is 2. The molecule has 0 heterocycles. The standard InChI is InChI=1S/C30H36O5/c1-6-13-35-24-12-11-18-9-7-8-10-19(18)25(24)28(26-20(31)14-29(2,3)15-21(26)32)27-22(33)16-30(4,5)17-23(27)34/h1,7-12,20,22,26-28,31,33H,13-17H2,2-5H3/t20-,22+,26-,27+,28?. The first-order chi connectivity index (χ1) is 16.4. The van der Waals surface area contributed by atoms with Crippen molar-refractivity contribution in [3.8, 4) is 18.1 Å². The first-order valence-electron chi connectivity index (χ1n) is 12.4. The van der Waals surface area contributed by atoms with Crippen LogP contribution in [0.3, 0.4) is 0 Å². The lowest BCUT2D eigenvalue weighted by atomic mass is 9.58. The molecular weight excluding hydrogens is 440 g/mol. The van der Waals surface area contributed by atoms with Gasteiger partial charge in [-0.15, -0.1) is 6.42 Å². The molecule has 1 unspecified atom stereocenters. The minimum Gasteiger partial charge on any atom is -0.481 e. The molecule has 2 aromatic carbocycles. The molecule has 0 amide bonds. The highest BCUT2D eigenvalue weighted by Gasteiger charge is 2.53. The van der Waals surface area contributed by atoms with Crippen molar-refractivity contribution in [3.05, 3.63) is 42.0 Å². The Kier molecular flexibility index (Phi) is 6.83. The van der Waals surface area contributed by atoms with Crippen molar-refractivity contribution < 1.29 is 24.5 Å². The molecule has 5 nitrogen and oxygen atoms in total. The summed E-state index contributed by atoms with van der Waals surface area (Å²) in [5.74, 6) is 0.426. The molecule has 5 heteroatoms. The largest absolute Gasteiger partial charge is 0.481 e. The fourth-order valence-corrected chi connectivity index (χ4v) is 6.47. The second-order valence-corrected chi connectivity index (χ2v) is 11.9. The van der Waals surface area contributed by atoms with E-state index in [1.54, 1.807) is 0 Å². The molecule has 2 saturated carbocycles.